The lowest BCUT2D eigenvalue weighted by Crippen LogP contribution is -2.35. The zero-order valence-corrected chi connectivity index (χ0v) is 12.9. The second kappa shape index (κ2) is 5.84. The Labute approximate surface area is 121 Å². The molecule has 1 unspecified atom stereocenters. The first-order valence-corrected chi connectivity index (χ1v) is 7.23. The normalized spacial score (nSPS) is 13.4. The van der Waals surface area contributed by atoms with Crippen molar-refractivity contribution >= 4 is 10.8 Å². The van der Waals surface area contributed by atoms with E-state index < -0.39 is 0 Å². The summed E-state index contributed by atoms with van der Waals surface area (Å²) in [4.78, 5) is 0. The van der Waals surface area contributed by atoms with Gasteiger partial charge in [-0.15, -0.1) is 0 Å². The third-order valence-electron chi connectivity index (χ3n) is 4.04. The highest BCUT2D eigenvalue weighted by atomic mass is 16.5. The topological polar surface area (TPSA) is 35.2 Å². The summed E-state index contributed by atoms with van der Waals surface area (Å²) in [5.74, 6) is 0.963. The van der Waals surface area contributed by atoms with E-state index in [1.807, 2.05) is 0 Å². The molecule has 0 saturated heterocycles. The maximum atomic E-state index is 6.29. The Morgan fingerprint density at radius 2 is 1.80 bits per heavy atom. The summed E-state index contributed by atoms with van der Waals surface area (Å²) in [7, 11) is 1.73. The van der Waals surface area contributed by atoms with Crippen LogP contribution >= 0.6 is 0 Å². The molecule has 0 saturated carbocycles. The molecule has 0 spiro atoms. The summed E-state index contributed by atoms with van der Waals surface area (Å²) in [6, 6.07) is 12.8. The monoisotopic (exact) mass is 271 g/mol. The molecule has 0 aliphatic carbocycles. The van der Waals surface area contributed by atoms with Gasteiger partial charge in [-0.25, -0.2) is 0 Å². The van der Waals surface area contributed by atoms with E-state index in [9.17, 15) is 0 Å². The zero-order valence-electron chi connectivity index (χ0n) is 12.9. The van der Waals surface area contributed by atoms with Crippen molar-refractivity contribution in [2.24, 2.45) is 11.1 Å². The van der Waals surface area contributed by atoms with Crippen molar-refractivity contribution in [3.63, 3.8) is 0 Å². The highest BCUT2D eigenvalue weighted by Crippen LogP contribution is 2.30. The van der Waals surface area contributed by atoms with Crippen molar-refractivity contribution in [3.05, 3.63) is 42.0 Å². The van der Waals surface area contributed by atoms with Gasteiger partial charge in [0.2, 0.25) is 0 Å². The fourth-order valence-electron chi connectivity index (χ4n) is 2.50. The van der Waals surface area contributed by atoms with Crippen LogP contribution in [0.3, 0.4) is 0 Å². The highest BCUT2D eigenvalue weighted by Gasteiger charge is 2.21. The van der Waals surface area contributed by atoms with Crippen LogP contribution in [0.1, 0.15) is 32.8 Å². The van der Waals surface area contributed by atoms with E-state index in [0.717, 1.165) is 18.6 Å². The van der Waals surface area contributed by atoms with Crippen molar-refractivity contribution < 1.29 is 4.74 Å². The van der Waals surface area contributed by atoms with Gasteiger partial charge < -0.3 is 10.5 Å². The molecule has 20 heavy (non-hydrogen) atoms. The van der Waals surface area contributed by atoms with Gasteiger partial charge in [0.05, 0.1) is 7.11 Å². The molecule has 108 valence electrons. The van der Waals surface area contributed by atoms with Crippen molar-refractivity contribution in [1.29, 1.82) is 0 Å². The Hall–Kier alpha value is -1.54. The van der Waals surface area contributed by atoms with E-state index >= 15 is 0 Å². The molecule has 2 N–H and O–H groups in total. The summed E-state index contributed by atoms with van der Waals surface area (Å²) >= 11 is 0. The number of nitrogens with two attached hydrogens (primary N) is 1. The number of benzene rings is 2. The number of hydrogen-bond acceptors (Lipinski definition) is 2. The van der Waals surface area contributed by atoms with E-state index in [-0.39, 0.29) is 11.5 Å². The van der Waals surface area contributed by atoms with Gasteiger partial charge in [0, 0.05) is 11.6 Å². The molecule has 0 amide bonds. The van der Waals surface area contributed by atoms with Gasteiger partial charge in [0.15, 0.2) is 0 Å². The van der Waals surface area contributed by atoms with Crippen LogP contribution < -0.4 is 10.5 Å². The Bertz CT molecular complexity index is 583. The SMILES string of the molecule is COc1ccc2ccccc2c1CCC(N)C(C)(C)C. The first kappa shape index (κ1) is 14.9. The minimum atomic E-state index is 0.137. The van der Waals surface area contributed by atoms with Gasteiger partial charge in [0.1, 0.15) is 5.75 Å². The van der Waals surface area contributed by atoms with Gasteiger partial charge in [-0.3, -0.25) is 0 Å². The molecule has 2 rings (SSSR count). The lowest BCUT2D eigenvalue weighted by atomic mass is 9.83. The van der Waals surface area contributed by atoms with Crippen LogP contribution in [0.5, 0.6) is 5.75 Å². The molecular formula is C18H25NO. The number of aryl methyl sites for hydroxylation is 1. The molecular weight excluding hydrogens is 246 g/mol. The van der Waals surface area contributed by atoms with Gasteiger partial charge in [-0.2, -0.15) is 0 Å². The van der Waals surface area contributed by atoms with E-state index in [2.05, 4.69) is 57.2 Å². The molecule has 0 bridgehead atoms. The molecule has 2 aromatic carbocycles. The van der Waals surface area contributed by atoms with Crippen molar-refractivity contribution in [3.8, 4) is 5.75 Å². The minimum Gasteiger partial charge on any atom is -0.496 e. The highest BCUT2D eigenvalue weighted by molar-refractivity contribution is 5.87. The Balaban J connectivity index is 2.32. The number of ether oxygens (including phenoxy) is 1. The molecule has 2 heteroatoms. The second-order valence-corrected chi connectivity index (χ2v) is 6.48. The number of methoxy groups -OCH3 is 1. The molecule has 0 radical (unpaired) electrons. The molecule has 2 nitrogen and oxygen atoms in total. The summed E-state index contributed by atoms with van der Waals surface area (Å²) in [5.41, 5.74) is 7.70. The lowest BCUT2D eigenvalue weighted by molar-refractivity contribution is 0.305. The largest absolute Gasteiger partial charge is 0.496 e. The van der Waals surface area contributed by atoms with Crippen molar-refractivity contribution in [2.75, 3.05) is 7.11 Å². The van der Waals surface area contributed by atoms with Gasteiger partial charge >= 0.3 is 0 Å². The number of hydrogen-bond donors (Lipinski definition) is 1. The maximum absolute atomic E-state index is 6.29. The van der Waals surface area contributed by atoms with Crippen LogP contribution in [-0.2, 0) is 6.42 Å². The third-order valence-corrected chi connectivity index (χ3v) is 4.04. The summed E-state index contributed by atoms with van der Waals surface area (Å²) < 4.78 is 5.53. The fraction of sp³-hybridized carbons (Fsp3) is 0.444. The van der Waals surface area contributed by atoms with E-state index in [0.29, 0.717) is 0 Å². The summed E-state index contributed by atoms with van der Waals surface area (Å²) in [6.07, 6.45) is 1.91. The molecule has 2 aromatic rings. The average molecular weight is 271 g/mol. The number of fused-ring (bicyclic) bond motifs is 1. The molecule has 0 aromatic heterocycles. The van der Waals surface area contributed by atoms with Gasteiger partial charge in [0.25, 0.3) is 0 Å². The predicted octanol–water partition coefficient (Wildman–Crippen LogP) is 4.15. The lowest BCUT2D eigenvalue weighted by Gasteiger charge is -2.27. The van der Waals surface area contributed by atoms with Crippen LogP contribution in [0.25, 0.3) is 10.8 Å². The van der Waals surface area contributed by atoms with Crippen LogP contribution in [-0.4, -0.2) is 13.2 Å². The molecule has 0 heterocycles. The predicted molar refractivity (Wildman–Crippen MR) is 86.3 cm³/mol. The first-order valence-electron chi connectivity index (χ1n) is 7.23. The van der Waals surface area contributed by atoms with Crippen LogP contribution in [0.15, 0.2) is 36.4 Å². The van der Waals surface area contributed by atoms with Gasteiger partial charge in [-0.05, 0) is 35.1 Å². The molecule has 0 fully saturated rings. The second-order valence-electron chi connectivity index (χ2n) is 6.48. The van der Waals surface area contributed by atoms with E-state index in [1.165, 1.54) is 16.3 Å². The Morgan fingerprint density at radius 1 is 1.10 bits per heavy atom. The first-order chi connectivity index (χ1) is 9.43. The van der Waals surface area contributed by atoms with E-state index in [1.54, 1.807) is 7.11 Å². The number of rotatable bonds is 4. The van der Waals surface area contributed by atoms with Crippen LogP contribution in [0.2, 0.25) is 0 Å². The standard InChI is InChI=1S/C18H25NO/c1-18(2,3)17(19)12-10-15-14-8-6-5-7-13(14)9-11-16(15)20-4/h5-9,11,17H,10,12,19H2,1-4H3. The van der Waals surface area contributed by atoms with Gasteiger partial charge in [-0.1, -0.05) is 51.1 Å². The average Bonchev–Trinajstić information content (AvgIpc) is 2.43. The molecule has 0 aliphatic rings. The molecule has 1 atom stereocenters. The maximum Gasteiger partial charge on any atom is 0.122 e. The zero-order chi connectivity index (χ0) is 14.8. The Morgan fingerprint density at radius 3 is 2.45 bits per heavy atom. The van der Waals surface area contributed by atoms with Crippen molar-refractivity contribution in [2.45, 2.75) is 39.7 Å². The Kier molecular flexibility index (Phi) is 4.34. The van der Waals surface area contributed by atoms with Crippen LogP contribution in [0.4, 0.5) is 0 Å². The fourth-order valence-corrected chi connectivity index (χ4v) is 2.50. The van der Waals surface area contributed by atoms with Crippen LogP contribution in [0, 0.1) is 5.41 Å². The quantitative estimate of drug-likeness (QED) is 0.906. The minimum absolute atomic E-state index is 0.137. The van der Waals surface area contributed by atoms with E-state index in [4.69, 9.17) is 10.5 Å². The van der Waals surface area contributed by atoms with Crippen molar-refractivity contribution in [1.82, 2.24) is 0 Å². The summed E-state index contributed by atoms with van der Waals surface area (Å²) in [6.45, 7) is 6.58. The molecule has 0 aliphatic heterocycles. The summed E-state index contributed by atoms with van der Waals surface area (Å²) in [5, 5.41) is 2.53. The smallest absolute Gasteiger partial charge is 0.122 e. The third kappa shape index (κ3) is 3.13.